The van der Waals surface area contributed by atoms with Crippen molar-refractivity contribution in [1.82, 2.24) is 0 Å². The molecule has 136 valence electrons. The van der Waals surface area contributed by atoms with Crippen LogP contribution in [0.5, 0.6) is 0 Å². The predicted molar refractivity (Wildman–Crippen MR) is 94.8 cm³/mol. The molecule has 2 aliphatic rings. The van der Waals surface area contributed by atoms with Crippen LogP contribution in [0.25, 0.3) is 0 Å². The van der Waals surface area contributed by atoms with Gasteiger partial charge in [0.25, 0.3) is 5.79 Å². The molecule has 0 saturated carbocycles. The number of carbonyl (C=O) groups is 2. The minimum Gasteiger partial charge on any atom is -0.477 e. The fraction of sp³-hybridized carbons (Fsp3) is 0.556. The van der Waals surface area contributed by atoms with Gasteiger partial charge in [0.1, 0.15) is 0 Å². The van der Waals surface area contributed by atoms with Crippen LogP contribution in [0.1, 0.15) is 26.2 Å². The predicted octanol–water partition coefficient (Wildman–Crippen LogP) is 2.76. The van der Waals surface area contributed by atoms with Crippen molar-refractivity contribution in [2.24, 2.45) is 5.92 Å². The Morgan fingerprint density at radius 1 is 1.32 bits per heavy atom. The Balaban J connectivity index is 1.44. The summed E-state index contributed by atoms with van der Waals surface area (Å²) in [5, 5.41) is 9.06. The van der Waals surface area contributed by atoms with Gasteiger partial charge in [-0.15, -0.1) is 11.8 Å². The molecule has 1 amide bonds. The maximum atomic E-state index is 12.2. The standard InChI is InChI=1S/C18H23NO5S/c1-18(17(21)22)23-10-13(11-24-18)6-4-5-9-19-14-7-2-3-8-15(14)25-12-16(19)20/h2-3,7-8,13H,4-6,9-12H2,1H3,(H,21,22). The number of para-hydroxylation sites is 1. The van der Waals surface area contributed by atoms with Gasteiger partial charge < -0.3 is 19.5 Å². The van der Waals surface area contributed by atoms with Crippen LogP contribution in [0.3, 0.4) is 0 Å². The molecule has 3 rings (SSSR count). The van der Waals surface area contributed by atoms with Gasteiger partial charge in [0.15, 0.2) is 0 Å². The Hall–Kier alpha value is -1.57. The first kappa shape index (κ1) is 18.2. The lowest BCUT2D eigenvalue weighted by molar-refractivity contribution is -0.271. The number of hydrogen-bond acceptors (Lipinski definition) is 5. The number of benzene rings is 1. The van der Waals surface area contributed by atoms with E-state index < -0.39 is 11.8 Å². The third kappa shape index (κ3) is 4.16. The highest BCUT2D eigenvalue weighted by molar-refractivity contribution is 8.00. The lowest BCUT2D eigenvalue weighted by atomic mass is 10.0. The summed E-state index contributed by atoms with van der Waals surface area (Å²) in [5.74, 6) is -1.75. The molecule has 0 spiro atoms. The van der Waals surface area contributed by atoms with Gasteiger partial charge in [0, 0.05) is 24.3 Å². The number of aliphatic carboxylic acids is 1. The normalized spacial score (nSPS) is 26.4. The van der Waals surface area contributed by atoms with Crippen molar-refractivity contribution in [3.8, 4) is 0 Å². The third-order valence-corrected chi connectivity index (χ3v) is 5.68. The second-order valence-electron chi connectivity index (χ2n) is 6.54. The van der Waals surface area contributed by atoms with E-state index in [4.69, 9.17) is 14.6 Å². The highest BCUT2D eigenvalue weighted by Gasteiger charge is 2.40. The number of amides is 1. The number of ether oxygens (including phenoxy) is 2. The zero-order valence-electron chi connectivity index (χ0n) is 14.3. The maximum absolute atomic E-state index is 12.2. The number of carbonyl (C=O) groups excluding carboxylic acids is 1. The first-order valence-electron chi connectivity index (χ1n) is 8.53. The van der Waals surface area contributed by atoms with Crippen molar-refractivity contribution in [2.75, 3.05) is 30.4 Å². The zero-order valence-corrected chi connectivity index (χ0v) is 15.1. The zero-order chi connectivity index (χ0) is 17.9. The highest BCUT2D eigenvalue weighted by atomic mass is 32.2. The fourth-order valence-corrected chi connectivity index (χ4v) is 3.97. The van der Waals surface area contributed by atoms with E-state index in [-0.39, 0.29) is 11.8 Å². The second kappa shape index (κ2) is 7.76. The van der Waals surface area contributed by atoms with Crippen molar-refractivity contribution >= 4 is 29.3 Å². The first-order chi connectivity index (χ1) is 12.0. The number of carboxylic acid groups (broad SMARTS) is 1. The number of nitrogens with zero attached hydrogens (tertiary/aromatic N) is 1. The van der Waals surface area contributed by atoms with E-state index in [1.807, 2.05) is 23.1 Å². The molecule has 0 unspecified atom stereocenters. The molecule has 2 aliphatic heterocycles. The Bertz CT molecular complexity index is 642. The molecule has 1 fully saturated rings. The van der Waals surface area contributed by atoms with Crippen molar-refractivity contribution < 1.29 is 24.2 Å². The molecule has 1 aromatic carbocycles. The van der Waals surface area contributed by atoms with Gasteiger partial charge in [-0.2, -0.15) is 0 Å². The largest absolute Gasteiger partial charge is 0.477 e. The monoisotopic (exact) mass is 365 g/mol. The van der Waals surface area contributed by atoms with Crippen molar-refractivity contribution in [3.63, 3.8) is 0 Å². The number of rotatable bonds is 6. The molecule has 0 atom stereocenters. The second-order valence-corrected chi connectivity index (χ2v) is 7.55. The molecular weight excluding hydrogens is 342 g/mol. The number of carboxylic acids is 1. The Kier molecular flexibility index (Phi) is 5.66. The molecule has 0 radical (unpaired) electrons. The van der Waals surface area contributed by atoms with Gasteiger partial charge in [-0.05, 0) is 25.0 Å². The Labute approximate surface area is 151 Å². The lowest BCUT2D eigenvalue weighted by Crippen LogP contribution is -2.47. The SMILES string of the molecule is CC1(C(=O)O)OCC(CCCCN2C(=O)CSc3ccccc32)CO1. The van der Waals surface area contributed by atoms with E-state index in [1.165, 1.54) is 6.92 Å². The summed E-state index contributed by atoms with van der Waals surface area (Å²) < 4.78 is 10.7. The summed E-state index contributed by atoms with van der Waals surface area (Å²) in [6.45, 7) is 2.93. The van der Waals surface area contributed by atoms with Gasteiger partial charge in [0.05, 0.1) is 24.7 Å². The van der Waals surface area contributed by atoms with Crippen LogP contribution in [0.2, 0.25) is 0 Å². The van der Waals surface area contributed by atoms with E-state index in [9.17, 15) is 9.59 Å². The van der Waals surface area contributed by atoms with Crippen LogP contribution in [0.4, 0.5) is 5.69 Å². The van der Waals surface area contributed by atoms with Crippen LogP contribution in [0.15, 0.2) is 29.2 Å². The molecule has 0 aliphatic carbocycles. The van der Waals surface area contributed by atoms with Crippen LogP contribution in [-0.2, 0) is 19.1 Å². The van der Waals surface area contributed by atoms with Crippen LogP contribution < -0.4 is 4.90 Å². The van der Waals surface area contributed by atoms with Crippen LogP contribution in [-0.4, -0.2) is 48.3 Å². The molecule has 25 heavy (non-hydrogen) atoms. The summed E-state index contributed by atoms with van der Waals surface area (Å²) in [5.41, 5.74) is 1.00. The van der Waals surface area contributed by atoms with Crippen molar-refractivity contribution in [2.45, 2.75) is 36.9 Å². The van der Waals surface area contributed by atoms with Gasteiger partial charge >= 0.3 is 5.97 Å². The van der Waals surface area contributed by atoms with E-state index >= 15 is 0 Å². The average Bonchev–Trinajstić information content (AvgIpc) is 2.61. The minimum atomic E-state index is -1.52. The van der Waals surface area contributed by atoms with E-state index in [2.05, 4.69) is 6.07 Å². The molecule has 1 aromatic rings. The van der Waals surface area contributed by atoms with Crippen LogP contribution in [0, 0.1) is 5.92 Å². The smallest absolute Gasteiger partial charge is 0.364 e. The number of anilines is 1. The fourth-order valence-electron chi connectivity index (χ4n) is 3.04. The van der Waals surface area contributed by atoms with E-state index in [0.717, 1.165) is 29.8 Å². The molecular formula is C18H23NO5S. The topological polar surface area (TPSA) is 76.1 Å². The molecule has 0 aromatic heterocycles. The summed E-state index contributed by atoms with van der Waals surface area (Å²) in [6.07, 6.45) is 2.74. The molecule has 1 saturated heterocycles. The van der Waals surface area contributed by atoms with Gasteiger partial charge in [-0.3, -0.25) is 4.79 Å². The van der Waals surface area contributed by atoms with Gasteiger partial charge in [-0.25, -0.2) is 4.79 Å². The summed E-state index contributed by atoms with van der Waals surface area (Å²) in [4.78, 5) is 26.3. The quantitative estimate of drug-likeness (QED) is 0.781. The average molecular weight is 365 g/mol. The Morgan fingerprint density at radius 3 is 2.76 bits per heavy atom. The molecule has 2 heterocycles. The number of thioether (sulfide) groups is 1. The van der Waals surface area contributed by atoms with Crippen molar-refractivity contribution in [3.05, 3.63) is 24.3 Å². The summed E-state index contributed by atoms with van der Waals surface area (Å²) in [7, 11) is 0. The number of unbranched alkanes of at least 4 members (excludes halogenated alkanes) is 1. The summed E-state index contributed by atoms with van der Waals surface area (Å²) >= 11 is 1.59. The summed E-state index contributed by atoms with van der Waals surface area (Å²) in [6, 6.07) is 8.00. The Morgan fingerprint density at radius 2 is 2.04 bits per heavy atom. The van der Waals surface area contributed by atoms with Crippen molar-refractivity contribution in [1.29, 1.82) is 0 Å². The number of fused-ring (bicyclic) bond motifs is 1. The molecule has 1 N–H and O–H groups in total. The van der Waals surface area contributed by atoms with E-state index in [1.54, 1.807) is 11.8 Å². The van der Waals surface area contributed by atoms with E-state index in [0.29, 0.717) is 25.5 Å². The molecule has 7 heteroatoms. The third-order valence-electron chi connectivity index (χ3n) is 4.63. The van der Waals surface area contributed by atoms with Gasteiger partial charge in [-0.1, -0.05) is 18.6 Å². The molecule has 0 bridgehead atoms. The first-order valence-corrected chi connectivity index (χ1v) is 9.51. The lowest BCUT2D eigenvalue weighted by Gasteiger charge is -2.34. The maximum Gasteiger partial charge on any atom is 0.364 e. The minimum absolute atomic E-state index is 0.158. The number of hydrogen-bond donors (Lipinski definition) is 1. The van der Waals surface area contributed by atoms with Gasteiger partial charge in [0.2, 0.25) is 5.91 Å². The molecule has 6 nitrogen and oxygen atoms in total. The highest BCUT2D eigenvalue weighted by Crippen LogP contribution is 2.35. The van der Waals surface area contributed by atoms with Crippen LogP contribution >= 0.6 is 11.8 Å².